The lowest BCUT2D eigenvalue weighted by Crippen LogP contribution is -2.10. The molecular weight excluding hydrogens is 552 g/mol. The molecule has 1 aromatic heterocycles. The maximum atomic E-state index is 13.5. The van der Waals surface area contributed by atoms with Crippen LogP contribution in [0.4, 0.5) is 17.2 Å². The van der Waals surface area contributed by atoms with Gasteiger partial charge in [-0.25, -0.2) is 14.8 Å². The zero-order valence-corrected chi connectivity index (χ0v) is 23.9. The molecule has 0 saturated heterocycles. The highest BCUT2D eigenvalue weighted by atomic mass is 16.5. The van der Waals surface area contributed by atoms with Gasteiger partial charge in [-0.15, -0.1) is 0 Å². The van der Waals surface area contributed by atoms with Gasteiger partial charge in [-0.05, 0) is 59.4 Å². The minimum Gasteiger partial charge on any atom is -0.457 e. The first-order chi connectivity index (χ1) is 21.6. The van der Waals surface area contributed by atoms with Crippen LogP contribution in [-0.4, -0.2) is 33.6 Å². The Morgan fingerprint density at radius 3 is 2.57 bits per heavy atom. The zero-order chi connectivity index (χ0) is 30.6. The molecule has 1 aliphatic carbocycles. The number of nitrogens with zero attached hydrogens (tertiary/aromatic N) is 2. The Bertz CT molecular complexity index is 1850. The number of allylic oxidation sites excluding steroid dienone is 8. The molecule has 0 saturated carbocycles. The molecule has 44 heavy (non-hydrogen) atoms. The van der Waals surface area contributed by atoms with Crippen LogP contribution in [0.3, 0.4) is 0 Å². The molecule has 0 radical (unpaired) electrons. The van der Waals surface area contributed by atoms with Gasteiger partial charge in [0.15, 0.2) is 0 Å². The average molecular weight is 583 g/mol. The van der Waals surface area contributed by atoms with Crippen LogP contribution in [0, 0.1) is 11.8 Å². The summed E-state index contributed by atoms with van der Waals surface area (Å²) in [6.45, 7) is 0.0439. The number of rotatable bonds is 9. The Labute approximate surface area is 255 Å². The third-order valence-electron chi connectivity index (χ3n) is 6.60. The molecule has 0 aliphatic heterocycles. The molecule has 218 valence electrons. The van der Waals surface area contributed by atoms with Crippen LogP contribution in [0.25, 0.3) is 10.9 Å². The normalized spacial score (nSPS) is 15.3. The van der Waals surface area contributed by atoms with Crippen LogP contribution in [0.2, 0.25) is 0 Å². The number of hydrogen-bond acceptors (Lipinski definition) is 7. The number of esters is 1. The van der Waals surface area contributed by atoms with Crippen molar-refractivity contribution in [2.75, 3.05) is 17.2 Å². The minimum absolute atomic E-state index is 0.111. The first kappa shape index (κ1) is 29.7. The summed E-state index contributed by atoms with van der Waals surface area (Å²) < 4.78 is 5.73. The van der Waals surface area contributed by atoms with Crippen LogP contribution >= 0.6 is 0 Å². The molecule has 1 heterocycles. The molecule has 3 aromatic carbocycles. The number of benzene rings is 3. The summed E-state index contributed by atoms with van der Waals surface area (Å²) in [5.74, 6) is 4.63. The second kappa shape index (κ2) is 14.9. The summed E-state index contributed by atoms with van der Waals surface area (Å²) in [6, 6.07) is 20.4. The van der Waals surface area contributed by atoms with Gasteiger partial charge in [-0.3, -0.25) is 4.79 Å². The highest BCUT2D eigenvalue weighted by molar-refractivity contribution is 6.05. The fraction of sp³-hybridized carbons (Fsp3) is 0.111. The van der Waals surface area contributed by atoms with Gasteiger partial charge in [0, 0.05) is 23.2 Å². The van der Waals surface area contributed by atoms with Gasteiger partial charge >= 0.3 is 5.97 Å². The highest BCUT2D eigenvalue weighted by Gasteiger charge is 2.16. The third kappa shape index (κ3) is 8.16. The van der Waals surface area contributed by atoms with Gasteiger partial charge < -0.3 is 20.5 Å². The van der Waals surface area contributed by atoms with E-state index in [1.807, 2.05) is 85.0 Å². The maximum absolute atomic E-state index is 13.5. The summed E-state index contributed by atoms with van der Waals surface area (Å²) >= 11 is 0. The van der Waals surface area contributed by atoms with E-state index < -0.39 is 11.9 Å². The second-order valence-corrected chi connectivity index (χ2v) is 9.79. The number of carbonyl (C=O) groups excluding carboxylic acids is 2. The highest BCUT2D eigenvalue weighted by Crippen LogP contribution is 2.28. The second-order valence-electron chi connectivity index (χ2n) is 9.79. The molecular formula is C36H30N4O4. The van der Waals surface area contributed by atoms with E-state index in [1.165, 1.54) is 6.33 Å². The van der Waals surface area contributed by atoms with E-state index in [-0.39, 0.29) is 19.6 Å². The standard InChI is InChI=1S/C36H30N4O4/c41-20-10-9-15-34(42)39-29-18-19-33-32(23-29)35(38-25-37-33)40-30-17-16-28(21-26-11-5-2-1-3-6-12-26)31(22-30)36(43)44-24-27-13-7-4-8-14-27/h1-8,11-14,16-19,22-23,25,41H,10,20-21,24H2,(H,39,42)(H,37,38,40)/b2-1-,3-1?,5-2?,6-3-,11-5-,12-6?,26-11?,26-12+. The number of nitrogens with one attached hydrogen (secondary N) is 2. The molecule has 5 rings (SSSR count). The van der Waals surface area contributed by atoms with E-state index >= 15 is 0 Å². The molecule has 0 bridgehead atoms. The number of aliphatic hydroxyl groups is 1. The first-order valence-electron chi connectivity index (χ1n) is 14.1. The van der Waals surface area contributed by atoms with Crippen LogP contribution in [0.1, 0.15) is 27.9 Å². The van der Waals surface area contributed by atoms with Gasteiger partial charge in [0.05, 0.1) is 17.7 Å². The van der Waals surface area contributed by atoms with E-state index in [0.29, 0.717) is 40.1 Å². The summed E-state index contributed by atoms with van der Waals surface area (Å²) in [5.41, 5.74) is 5.01. The quantitative estimate of drug-likeness (QED) is 0.159. The van der Waals surface area contributed by atoms with E-state index in [4.69, 9.17) is 9.84 Å². The van der Waals surface area contributed by atoms with Crippen LogP contribution in [-0.2, 0) is 22.6 Å². The van der Waals surface area contributed by atoms with Gasteiger partial charge in [0.1, 0.15) is 18.8 Å². The van der Waals surface area contributed by atoms with Crippen molar-refractivity contribution in [3.8, 4) is 11.8 Å². The number of aromatic nitrogens is 2. The summed E-state index contributed by atoms with van der Waals surface area (Å²) in [5, 5.41) is 15.6. The van der Waals surface area contributed by atoms with E-state index in [9.17, 15) is 9.59 Å². The largest absolute Gasteiger partial charge is 0.457 e. The Kier molecular flexibility index (Phi) is 10.1. The SMILES string of the molecule is O=C(C#CCCO)Nc1ccc2ncnc(Nc3ccc(CC4=C/C=C\C=C/C=C\4)c(C(=O)OCc4ccccc4)c3)c2c1. The van der Waals surface area contributed by atoms with Gasteiger partial charge in [-0.1, -0.05) is 84.9 Å². The molecule has 3 N–H and O–H groups in total. The summed E-state index contributed by atoms with van der Waals surface area (Å²) in [6.07, 6.45) is 16.0. The maximum Gasteiger partial charge on any atom is 0.338 e. The van der Waals surface area contributed by atoms with Crippen LogP contribution in [0.15, 0.2) is 121 Å². The van der Waals surface area contributed by atoms with Gasteiger partial charge in [0.2, 0.25) is 0 Å². The number of aliphatic hydroxyl groups excluding tert-OH is 1. The van der Waals surface area contributed by atoms with Crippen molar-refractivity contribution in [1.82, 2.24) is 9.97 Å². The summed E-state index contributed by atoms with van der Waals surface area (Å²) in [4.78, 5) is 34.4. The first-order valence-corrected chi connectivity index (χ1v) is 14.1. The molecule has 1 aliphatic rings. The monoisotopic (exact) mass is 582 g/mol. The predicted octanol–water partition coefficient (Wildman–Crippen LogP) is 6.21. The number of anilines is 3. The average Bonchev–Trinajstić information content (AvgIpc) is 3.02. The lowest BCUT2D eigenvalue weighted by atomic mass is 9.98. The lowest BCUT2D eigenvalue weighted by molar-refractivity contribution is -0.111. The third-order valence-corrected chi connectivity index (χ3v) is 6.60. The molecule has 0 fully saturated rings. The number of carbonyl (C=O) groups is 2. The Balaban J connectivity index is 1.43. The topological polar surface area (TPSA) is 113 Å². The molecule has 8 nitrogen and oxygen atoms in total. The van der Waals surface area contributed by atoms with Crippen molar-refractivity contribution >= 4 is 40.0 Å². The van der Waals surface area contributed by atoms with E-state index in [0.717, 1.165) is 16.7 Å². The Morgan fingerprint density at radius 2 is 1.70 bits per heavy atom. The van der Waals surface area contributed by atoms with Crippen molar-refractivity contribution in [3.63, 3.8) is 0 Å². The van der Waals surface area contributed by atoms with E-state index in [1.54, 1.807) is 24.3 Å². The van der Waals surface area contributed by atoms with Crippen molar-refractivity contribution in [2.45, 2.75) is 19.4 Å². The van der Waals surface area contributed by atoms with E-state index in [2.05, 4.69) is 32.4 Å². The van der Waals surface area contributed by atoms with Crippen LogP contribution < -0.4 is 10.6 Å². The smallest absolute Gasteiger partial charge is 0.338 e. The lowest BCUT2D eigenvalue weighted by Gasteiger charge is -2.14. The number of ether oxygens (including phenoxy) is 1. The fourth-order valence-electron chi connectivity index (χ4n) is 4.48. The Morgan fingerprint density at radius 1 is 0.886 bits per heavy atom. The van der Waals surface area contributed by atoms with Crippen molar-refractivity contribution in [2.24, 2.45) is 0 Å². The molecule has 0 atom stereocenters. The summed E-state index contributed by atoms with van der Waals surface area (Å²) in [7, 11) is 0. The number of fused-ring (bicyclic) bond motifs is 1. The number of hydrogen-bond donors (Lipinski definition) is 3. The van der Waals surface area contributed by atoms with Gasteiger partial charge in [0.25, 0.3) is 5.91 Å². The molecule has 1 amide bonds. The molecule has 0 unspecified atom stereocenters. The van der Waals surface area contributed by atoms with Crippen LogP contribution in [0.5, 0.6) is 0 Å². The van der Waals surface area contributed by atoms with Crippen molar-refractivity contribution in [3.05, 3.63) is 138 Å². The van der Waals surface area contributed by atoms with Crippen molar-refractivity contribution in [1.29, 1.82) is 0 Å². The molecule has 0 spiro atoms. The molecule has 8 heteroatoms. The number of amides is 1. The van der Waals surface area contributed by atoms with Crippen molar-refractivity contribution < 1.29 is 19.4 Å². The zero-order valence-electron chi connectivity index (χ0n) is 23.9. The predicted molar refractivity (Wildman–Crippen MR) is 172 cm³/mol. The minimum atomic E-state index is -0.487. The fourth-order valence-corrected chi connectivity index (χ4v) is 4.48. The van der Waals surface area contributed by atoms with Gasteiger partial charge in [-0.2, -0.15) is 0 Å². The molecule has 4 aromatic rings. The Hall–Kier alpha value is -5.78.